The number of rotatable bonds is 35. The first kappa shape index (κ1) is 112. The molecule has 0 saturated heterocycles. The van der Waals surface area contributed by atoms with Crippen LogP contribution in [0.5, 0.6) is 0 Å². The zero-order chi connectivity index (χ0) is 57.9. The third kappa shape index (κ3) is 40.5. The molecule has 0 aliphatic heterocycles. The molecule has 75 heavy (non-hydrogen) atoms. The molecule has 0 heterocycles. The van der Waals surface area contributed by atoms with Gasteiger partial charge in [0.25, 0.3) is 0 Å². The fourth-order valence-electron chi connectivity index (χ4n) is 4.49. The van der Waals surface area contributed by atoms with Gasteiger partial charge in [0.1, 0.15) is 0 Å². The predicted molar refractivity (Wildman–Crippen MR) is 596 cm³/mol. The van der Waals surface area contributed by atoms with Crippen LogP contribution in [0.15, 0.2) is 0 Å². The summed E-state index contributed by atoms with van der Waals surface area (Å²) in [5, 5.41) is 2.34. The first-order valence-corrected chi connectivity index (χ1v) is 144. The van der Waals surface area contributed by atoms with Gasteiger partial charge in [-0.1, -0.05) is 14.0 Å². The molecule has 0 fully saturated rings. The molecule has 0 rings (SSSR count). The van der Waals surface area contributed by atoms with E-state index in [1.165, 1.54) is 0 Å². The van der Waals surface area contributed by atoms with Crippen LogP contribution in [0.25, 0.3) is 0 Å². The molecule has 39 atom stereocenters. The topological polar surface area (TPSA) is 0 Å². The van der Waals surface area contributed by atoms with Crippen molar-refractivity contribution in [3.63, 3.8) is 0 Å². The van der Waals surface area contributed by atoms with E-state index in [9.17, 15) is 0 Å². The van der Waals surface area contributed by atoms with Crippen LogP contribution in [0.1, 0.15) is 0 Å². The van der Waals surface area contributed by atoms with E-state index in [1.54, 1.807) is 0 Å². The van der Waals surface area contributed by atoms with Gasteiger partial charge in [-0.3, -0.25) is 8.58 Å². The summed E-state index contributed by atoms with van der Waals surface area (Å²) in [6, 6.07) is 0. The van der Waals surface area contributed by atoms with Crippen LogP contribution in [0.4, 0.5) is 4.20 Å². The van der Waals surface area contributed by atoms with Crippen LogP contribution in [0.2, 0.25) is 0 Å². The predicted octanol–water partition coefficient (Wildman–Crippen LogP) is 39.4. The van der Waals surface area contributed by atoms with Crippen LogP contribution in [-0.2, 0) is 32.7 Å². The van der Waals surface area contributed by atoms with E-state index in [1.807, 2.05) is 0 Å². The Bertz CT molecular complexity index is 1230. The summed E-state index contributed by atoms with van der Waals surface area (Å²) in [7, 11) is 126. The van der Waals surface area contributed by atoms with E-state index < -0.39 is 211 Å². The van der Waals surface area contributed by atoms with Gasteiger partial charge < -0.3 is 4.20 Å². The van der Waals surface area contributed by atoms with E-state index in [4.69, 9.17) is 0 Å². The molecule has 0 aromatic rings. The third-order valence-corrected chi connectivity index (χ3v) is 462. The van der Waals surface area contributed by atoms with Crippen molar-refractivity contribution < 1.29 is 88.3 Å². The number of hydrogen-bond donors (Lipinski definition) is 0. The van der Waals surface area contributed by atoms with Gasteiger partial charge in [0.05, 0.1) is 0 Å². The standard InChI is InChI=1S/CH72FP71.K.Y/c2-39-61(43(3)4)64(48(13)14)41(65(68(49(15)16)50(17)18)69(51(19)20)52(21)22)1(40(62(44(5)6)45(7)8)63(46(9)10)47(11)12)42(66(70(53(23)24)54(25)26)71(55(27)28)56(29)30)67(72(57(31)32)58(33)34)73(59(35)36)60(37)38;;/h3-38H2;;/q-2;+1;. The maximum atomic E-state index is 17.4. The maximum absolute atomic E-state index is 17.4. The van der Waals surface area contributed by atoms with E-state index in [0.29, 0.717) is 0 Å². The summed E-state index contributed by atoms with van der Waals surface area (Å²) < 4.78 is 17.4. The zero-order valence-corrected chi connectivity index (χ0v) is 118. The molecule has 74 heteroatoms. The summed E-state index contributed by atoms with van der Waals surface area (Å²) in [6.07, 6.45) is 0. The van der Waals surface area contributed by atoms with E-state index in [-0.39, 0.29) is 121 Å². The van der Waals surface area contributed by atoms with Crippen LogP contribution in [-0.4, -0.2) is 0 Å². The molecule has 1 radical (unpaired) electrons. The molecule has 0 amide bonds. The van der Waals surface area contributed by atoms with Gasteiger partial charge in [-0.15, -0.1) is 321 Å². The van der Waals surface area contributed by atoms with Gasteiger partial charge in [0.15, 0.2) is 0 Å². The van der Waals surface area contributed by atoms with Crippen molar-refractivity contribution in [3.05, 3.63) is 5.14 Å². The van der Waals surface area contributed by atoms with Crippen LogP contribution in [0, 0.1) is 5.14 Å². The first-order valence-electron chi connectivity index (χ1n) is 16.5. The molecule has 443 valence electrons. The summed E-state index contributed by atoms with van der Waals surface area (Å²) in [5.41, 5.74) is 0. The monoisotopic (exact) mass is 2430 g/mol. The fraction of sp³-hybridized carbons (Fsp3) is 0. The largest absolute Gasteiger partial charge is 1.00 e. The molecule has 0 aliphatic carbocycles. The molecule has 0 spiro atoms. The van der Waals surface area contributed by atoms with Gasteiger partial charge in [0, 0.05) is 32.7 Å². The SMILES string of the molecule is F[P-]P(P(P)P)P(P(P)P)P([C-](P(P(P(P)P)P(P)P)P(P(P)P)P(P)P)P(P(P(P(P)P)P(P)P)P(P(P)P)P(P)P)P(P(P(P)P)P(P)P)P(P(P)P)P(P)P)P(P(P(P)P)P(P)P)P(P(P)P)P(P)P.[K+].[Y]. The van der Waals surface area contributed by atoms with E-state index >= 15 is 4.20 Å². The minimum Gasteiger partial charge on any atom is -0.461 e. The Morgan fingerprint density at radius 2 is 0.333 bits per heavy atom. The molecule has 0 N–H and O–H groups in total. The fourth-order valence-corrected chi connectivity index (χ4v) is 875. The third-order valence-electron chi connectivity index (χ3n) is 6.46. The Labute approximate surface area is 649 Å². The van der Waals surface area contributed by atoms with Crippen molar-refractivity contribution in [3.8, 4) is 0 Å². The van der Waals surface area contributed by atoms with Crippen LogP contribution >= 0.6 is 569 Å². The summed E-state index contributed by atoms with van der Waals surface area (Å²) in [6.45, 7) is -14.1. The number of hydrogen-bond acceptors (Lipinski definition) is 0. The molecule has 39 unspecified atom stereocenters. The van der Waals surface area contributed by atoms with E-state index in [0.717, 1.165) is 0 Å². The minimum atomic E-state index is -0.916. The molecule has 0 aromatic heterocycles. The average molecular weight is 2430 g/mol. The van der Waals surface area contributed by atoms with Crippen LogP contribution < -0.4 is 51.4 Å². The molecule has 0 bridgehead atoms. The summed E-state index contributed by atoms with van der Waals surface area (Å²) >= 11 is 0. The summed E-state index contributed by atoms with van der Waals surface area (Å²) in [5.74, 6) is 0. The van der Waals surface area contributed by atoms with Gasteiger partial charge in [0.2, 0.25) is 0 Å². The van der Waals surface area contributed by atoms with Crippen LogP contribution in [0.3, 0.4) is 0 Å². The minimum absolute atomic E-state index is 0. The molecular weight excluding hydrogens is 2360 g/mol. The van der Waals surface area contributed by atoms with Crippen molar-refractivity contribution in [2.24, 2.45) is 0 Å². The van der Waals surface area contributed by atoms with Gasteiger partial charge >= 0.3 is 51.4 Å². The Kier molecular flexibility index (Phi) is 93.5. The Balaban J connectivity index is -0.0000259. The Morgan fingerprint density at radius 1 is 0.200 bits per heavy atom. The second kappa shape index (κ2) is 62.4. The molecule has 0 aromatic carbocycles. The number of halogens is 1. The average Bonchev–Trinajstić information content (AvgIpc) is 3.17. The Morgan fingerprint density at radius 3 is 0.453 bits per heavy atom. The van der Waals surface area contributed by atoms with Crippen molar-refractivity contribution in [2.75, 3.05) is 0 Å². The molecule has 0 nitrogen and oxygen atoms in total. The van der Waals surface area contributed by atoms with Gasteiger partial charge in [-0.05, 0) is 196 Å². The van der Waals surface area contributed by atoms with Crippen molar-refractivity contribution in [1.82, 2.24) is 0 Å². The maximum Gasteiger partial charge on any atom is 1.00 e. The molecule has 0 aliphatic rings. The smallest absolute Gasteiger partial charge is 0.461 e. The summed E-state index contributed by atoms with van der Waals surface area (Å²) in [4.78, 5) is 0. The molecule has 0 saturated carbocycles. The van der Waals surface area contributed by atoms with Crippen molar-refractivity contribution in [2.45, 2.75) is 0 Å². The second-order valence-corrected chi connectivity index (χ2v) is 295. The van der Waals surface area contributed by atoms with E-state index in [2.05, 4.69) is 327 Å². The molecular formula is CH72FKP71Y-. The zero-order valence-electron chi connectivity index (χ0n) is 38.9. The van der Waals surface area contributed by atoms with Crippen molar-refractivity contribution in [1.29, 1.82) is 0 Å². The normalized spacial score (nSPS) is 15.5. The van der Waals surface area contributed by atoms with Gasteiger partial charge in [-0.2, -0.15) is 28.9 Å². The van der Waals surface area contributed by atoms with Gasteiger partial charge in [-0.25, -0.2) is 5.14 Å². The first-order chi connectivity index (χ1) is 33.2. The quantitative estimate of drug-likeness (QED) is 0.0337. The second-order valence-electron chi connectivity index (χ2n) is 11.6. The Hall–Kier alpha value is 33.2. The van der Waals surface area contributed by atoms with Crippen molar-refractivity contribution >= 4 is 569 Å².